The van der Waals surface area contributed by atoms with Gasteiger partial charge in [-0.2, -0.15) is 0 Å². The van der Waals surface area contributed by atoms with Crippen molar-refractivity contribution in [2.45, 2.75) is 6.42 Å². The maximum atomic E-state index is 5.64. The second-order valence-corrected chi connectivity index (χ2v) is 2.99. The van der Waals surface area contributed by atoms with E-state index in [1.54, 1.807) is 0 Å². The third kappa shape index (κ3) is 1.18. The fraction of sp³-hybridized carbons (Fsp3) is 0.222. The minimum Gasteiger partial charge on any atom is -0.304 e. The highest BCUT2D eigenvalue weighted by molar-refractivity contribution is 6.17. The molecule has 0 N–H and O–H groups in total. The third-order valence-electron chi connectivity index (χ3n) is 1.83. The van der Waals surface area contributed by atoms with Gasteiger partial charge in [0.25, 0.3) is 0 Å². The van der Waals surface area contributed by atoms with Crippen LogP contribution in [0.4, 0.5) is 0 Å². The summed E-state index contributed by atoms with van der Waals surface area (Å²) in [7, 11) is 0. The Morgan fingerprint density at radius 3 is 3.17 bits per heavy atom. The summed E-state index contributed by atoms with van der Waals surface area (Å²) in [5, 5.41) is 0. The van der Waals surface area contributed by atoms with E-state index in [1.807, 2.05) is 30.6 Å². The molecule has 0 aliphatic carbocycles. The van der Waals surface area contributed by atoms with E-state index in [9.17, 15) is 0 Å². The van der Waals surface area contributed by atoms with Gasteiger partial charge in [-0.25, -0.2) is 4.98 Å². The summed E-state index contributed by atoms with van der Waals surface area (Å²) in [6, 6.07) is 6.03. The Morgan fingerprint density at radius 2 is 2.33 bits per heavy atom. The van der Waals surface area contributed by atoms with E-state index in [1.165, 1.54) is 0 Å². The first-order valence-corrected chi connectivity index (χ1v) is 4.42. The van der Waals surface area contributed by atoms with Gasteiger partial charge in [-0.3, -0.25) is 0 Å². The number of aromatic nitrogens is 2. The van der Waals surface area contributed by atoms with Crippen LogP contribution >= 0.6 is 11.6 Å². The molecule has 0 aliphatic heterocycles. The molecule has 3 heteroatoms. The zero-order chi connectivity index (χ0) is 8.39. The molecule has 0 aromatic carbocycles. The summed E-state index contributed by atoms with van der Waals surface area (Å²) in [4.78, 5) is 4.26. The van der Waals surface area contributed by atoms with E-state index in [2.05, 4.69) is 9.38 Å². The molecule has 0 saturated heterocycles. The van der Waals surface area contributed by atoms with E-state index in [-0.39, 0.29) is 0 Å². The van der Waals surface area contributed by atoms with Crippen molar-refractivity contribution < 1.29 is 0 Å². The highest BCUT2D eigenvalue weighted by atomic mass is 35.5. The van der Waals surface area contributed by atoms with Gasteiger partial charge in [0.05, 0.1) is 11.7 Å². The van der Waals surface area contributed by atoms with Crippen LogP contribution in [0.25, 0.3) is 5.52 Å². The Morgan fingerprint density at radius 1 is 1.42 bits per heavy atom. The van der Waals surface area contributed by atoms with Crippen LogP contribution in [0.2, 0.25) is 0 Å². The maximum Gasteiger partial charge on any atom is 0.114 e. The summed E-state index contributed by atoms with van der Waals surface area (Å²) in [6.45, 7) is 0. The lowest BCUT2D eigenvalue weighted by molar-refractivity contribution is 0.938. The number of hydrogen-bond acceptors (Lipinski definition) is 1. The molecular formula is C9H9ClN2. The van der Waals surface area contributed by atoms with Gasteiger partial charge in [-0.15, -0.1) is 11.6 Å². The summed E-state index contributed by atoms with van der Waals surface area (Å²) in [6.07, 6.45) is 4.69. The number of rotatable bonds is 2. The molecule has 2 aromatic heterocycles. The number of pyridine rings is 1. The van der Waals surface area contributed by atoms with E-state index in [4.69, 9.17) is 11.6 Å². The van der Waals surface area contributed by atoms with Gasteiger partial charge in [0.2, 0.25) is 0 Å². The van der Waals surface area contributed by atoms with Crippen molar-refractivity contribution in [3.63, 3.8) is 0 Å². The van der Waals surface area contributed by atoms with Gasteiger partial charge in [0.15, 0.2) is 0 Å². The minimum atomic E-state index is 0.619. The summed E-state index contributed by atoms with van der Waals surface area (Å²) < 4.78 is 2.06. The molecule has 12 heavy (non-hydrogen) atoms. The van der Waals surface area contributed by atoms with Crippen LogP contribution in [0.5, 0.6) is 0 Å². The number of fused-ring (bicyclic) bond motifs is 1. The molecule has 0 unspecified atom stereocenters. The van der Waals surface area contributed by atoms with Crippen molar-refractivity contribution >= 4 is 17.1 Å². The van der Waals surface area contributed by atoms with Crippen LogP contribution in [0, 0.1) is 0 Å². The average Bonchev–Trinajstić information content (AvgIpc) is 2.50. The van der Waals surface area contributed by atoms with Crippen molar-refractivity contribution in [2.24, 2.45) is 0 Å². The molecule has 2 heterocycles. The molecule has 0 atom stereocenters. The summed E-state index contributed by atoms with van der Waals surface area (Å²) >= 11 is 5.64. The lowest BCUT2D eigenvalue weighted by Crippen LogP contribution is -1.94. The smallest absolute Gasteiger partial charge is 0.114 e. The van der Waals surface area contributed by atoms with Gasteiger partial charge in [0.1, 0.15) is 5.82 Å². The molecule has 2 nitrogen and oxygen atoms in total. The highest BCUT2D eigenvalue weighted by Gasteiger charge is 1.99. The Bertz CT molecular complexity index is 381. The zero-order valence-electron chi connectivity index (χ0n) is 6.57. The lowest BCUT2D eigenvalue weighted by Gasteiger charge is -1.96. The molecule has 0 radical (unpaired) electrons. The third-order valence-corrected chi connectivity index (χ3v) is 2.02. The van der Waals surface area contributed by atoms with Crippen LogP contribution in [0.1, 0.15) is 5.82 Å². The van der Waals surface area contributed by atoms with Crippen LogP contribution in [-0.2, 0) is 6.42 Å². The molecule has 0 fully saturated rings. The van der Waals surface area contributed by atoms with Gasteiger partial charge in [0, 0.05) is 18.5 Å². The Hall–Kier alpha value is -1.02. The standard InChI is InChI=1S/C9H9ClN2/c10-5-4-9-11-7-8-3-1-2-6-12(8)9/h1-3,6-7H,4-5H2. The van der Waals surface area contributed by atoms with Crippen LogP contribution in [0.3, 0.4) is 0 Å². The lowest BCUT2D eigenvalue weighted by atomic mass is 10.4. The average molecular weight is 181 g/mol. The molecule has 2 aromatic rings. The number of aryl methyl sites for hydroxylation is 1. The maximum absolute atomic E-state index is 5.64. The predicted molar refractivity (Wildman–Crippen MR) is 49.6 cm³/mol. The Labute approximate surface area is 75.8 Å². The van der Waals surface area contributed by atoms with E-state index in [0.717, 1.165) is 17.8 Å². The number of nitrogens with zero attached hydrogens (tertiary/aromatic N) is 2. The van der Waals surface area contributed by atoms with Crippen molar-refractivity contribution in [3.05, 3.63) is 36.4 Å². The molecule has 0 aliphatic rings. The topological polar surface area (TPSA) is 17.3 Å². The molecule has 0 bridgehead atoms. The van der Waals surface area contributed by atoms with Crippen molar-refractivity contribution in [1.29, 1.82) is 0 Å². The predicted octanol–water partition coefficient (Wildman–Crippen LogP) is 2.12. The number of imidazole rings is 1. The molecule has 2 rings (SSSR count). The number of alkyl halides is 1. The molecule has 0 saturated carbocycles. The first kappa shape index (κ1) is 7.62. The monoisotopic (exact) mass is 180 g/mol. The quantitative estimate of drug-likeness (QED) is 0.648. The first-order chi connectivity index (χ1) is 5.92. The fourth-order valence-electron chi connectivity index (χ4n) is 1.27. The van der Waals surface area contributed by atoms with E-state index >= 15 is 0 Å². The van der Waals surface area contributed by atoms with Gasteiger partial charge >= 0.3 is 0 Å². The fourth-order valence-corrected chi connectivity index (χ4v) is 1.44. The molecular weight excluding hydrogens is 172 g/mol. The van der Waals surface area contributed by atoms with E-state index < -0.39 is 0 Å². The first-order valence-electron chi connectivity index (χ1n) is 3.89. The largest absolute Gasteiger partial charge is 0.304 e. The highest BCUT2D eigenvalue weighted by Crippen LogP contribution is 2.06. The normalized spacial score (nSPS) is 10.8. The van der Waals surface area contributed by atoms with Crippen LogP contribution in [-0.4, -0.2) is 15.3 Å². The van der Waals surface area contributed by atoms with E-state index in [0.29, 0.717) is 5.88 Å². The minimum absolute atomic E-state index is 0.619. The van der Waals surface area contributed by atoms with Crippen LogP contribution < -0.4 is 0 Å². The van der Waals surface area contributed by atoms with Gasteiger partial charge < -0.3 is 4.40 Å². The molecule has 0 spiro atoms. The molecule has 62 valence electrons. The summed E-state index contributed by atoms with van der Waals surface area (Å²) in [5.41, 5.74) is 1.12. The summed E-state index contributed by atoms with van der Waals surface area (Å²) in [5.74, 6) is 1.65. The van der Waals surface area contributed by atoms with Crippen molar-refractivity contribution in [3.8, 4) is 0 Å². The van der Waals surface area contributed by atoms with Crippen LogP contribution in [0.15, 0.2) is 30.6 Å². The van der Waals surface area contributed by atoms with Gasteiger partial charge in [-0.1, -0.05) is 6.07 Å². The number of halogens is 1. The SMILES string of the molecule is ClCCc1ncc2ccccn12. The van der Waals surface area contributed by atoms with Gasteiger partial charge in [-0.05, 0) is 12.1 Å². The Kier molecular flexibility index (Phi) is 2.00. The number of hydrogen-bond donors (Lipinski definition) is 0. The van der Waals surface area contributed by atoms with Crippen molar-refractivity contribution in [2.75, 3.05) is 5.88 Å². The molecule has 0 amide bonds. The zero-order valence-corrected chi connectivity index (χ0v) is 7.33. The van der Waals surface area contributed by atoms with Crippen molar-refractivity contribution in [1.82, 2.24) is 9.38 Å². The second kappa shape index (κ2) is 3.15. The Balaban J connectivity index is 2.55. The second-order valence-electron chi connectivity index (χ2n) is 2.61.